The van der Waals surface area contributed by atoms with Gasteiger partial charge in [-0.2, -0.15) is 5.10 Å². The first kappa shape index (κ1) is 54.6. The fraction of sp³-hybridized carbons (Fsp3) is 0.455. The molecule has 0 bridgehead atoms. The Labute approximate surface area is 458 Å². The third-order valence-corrected chi connectivity index (χ3v) is 15.9. The summed E-state index contributed by atoms with van der Waals surface area (Å²) in [6.07, 6.45) is 7.94. The maximum atomic E-state index is 15.7. The molecule has 416 valence electrons. The number of anilines is 2. The average molecular weight is 1100 g/mol. The molecular weight excluding hydrogens is 1040 g/mol. The van der Waals surface area contributed by atoms with Crippen LogP contribution in [0.3, 0.4) is 0 Å². The van der Waals surface area contributed by atoms with Crippen LogP contribution in [-0.2, 0) is 24.0 Å². The van der Waals surface area contributed by atoms with Gasteiger partial charge in [-0.05, 0) is 67.3 Å². The lowest BCUT2D eigenvalue weighted by Crippen LogP contribution is -2.59. The van der Waals surface area contributed by atoms with Gasteiger partial charge in [0.05, 0.1) is 70.7 Å². The lowest BCUT2D eigenvalue weighted by atomic mass is 9.85. The number of aliphatic hydroxyl groups is 1. The molecule has 6 heterocycles. The summed E-state index contributed by atoms with van der Waals surface area (Å²) in [6, 6.07) is 8.40. The number of alkyl halides is 1. The molecule has 2 saturated heterocycles. The number of aromatic amines is 1. The van der Waals surface area contributed by atoms with Crippen molar-refractivity contribution in [1.29, 1.82) is 0 Å². The summed E-state index contributed by atoms with van der Waals surface area (Å²) in [7, 11) is 0. The highest BCUT2D eigenvalue weighted by molar-refractivity contribution is 7.13. The number of thiazole rings is 1. The van der Waals surface area contributed by atoms with E-state index in [0.29, 0.717) is 49.1 Å². The maximum Gasteiger partial charge on any atom is 0.258 e. The third kappa shape index (κ3) is 12.4. The predicted molar refractivity (Wildman–Crippen MR) is 289 cm³/mol. The Morgan fingerprint density at radius 1 is 0.924 bits per heavy atom. The third-order valence-electron chi connectivity index (χ3n) is 14.9. The number of rotatable bonds is 19. The summed E-state index contributed by atoms with van der Waals surface area (Å²) < 4.78 is 32.4. The molecule has 0 unspecified atom stereocenters. The Balaban J connectivity index is 0.705. The molecule has 4 fully saturated rings. The van der Waals surface area contributed by atoms with Crippen molar-refractivity contribution in [3.8, 4) is 21.7 Å². The normalized spacial score (nSPS) is 18.9. The Morgan fingerprint density at radius 2 is 1.66 bits per heavy atom. The smallest absolute Gasteiger partial charge is 0.258 e. The first-order valence-electron chi connectivity index (χ1n) is 26.6. The summed E-state index contributed by atoms with van der Waals surface area (Å²) in [4.78, 5) is 101. The molecule has 10 rings (SSSR count). The quantitative estimate of drug-likeness (QED) is 0.0550. The molecule has 2 aromatic carbocycles. The number of nitrogens with one attached hydrogen (secondary N) is 6. The van der Waals surface area contributed by atoms with Crippen LogP contribution in [0.5, 0.6) is 0 Å². The number of benzene rings is 2. The number of β-amino-alcohol motifs (C(OH)–C–C–N with tert-alkyl or cyclic N) is 1. The van der Waals surface area contributed by atoms with Crippen molar-refractivity contribution in [2.45, 2.75) is 102 Å². The van der Waals surface area contributed by atoms with Gasteiger partial charge in [-0.25, -0.2) is 23.7 Å². The summed E-state index contributed by atoms with van der Waals surface area (Å²) in [5.74, 6) is -3.11. The highest BCUT2D eigenvalue weighted by Gasteiger charge is 2.53. The van der Waals surface area contributed by atoms with Crippen molar-refractivity contribution < 1.29 is 42.7 Å². The molecule has 21 nitrogen and oxygen atoms in total. The van der Waals surface area contributed by atoms with Crippen LogP contribution in [0, 0.1) is 18.2 Å². The molecule has 0 radical (unpaired) electrons. The number of halogens is 2. The van der Waals surface area contributed by atoms with E-state index in [-0.39, 0.29) is 74.9 Å². The van der Waals surface area contributed by atoms with Gasteiger partial charge in [0.25, 0.3) is 11.8 Å². The zero-order chi connectivity index (χ0) is 55.8. The van der Waals surface area contributed by atoms with Crippen LogP contribution in [-0.4, -0.2) is 161 Å². The molecule has 2 aliphatic heterocycles. The number of aliphatic hydroxyl groups excluding tert-OH is 1. The number of hydrogen-bond acceptors (Lipinski definition) is 14. The molecule has 79 heavy (non-hydrogen) atoms. The number of aromatic nitrogens is 6. The number of likely N-dealkylation sites (tertiary alicyclic amines) is 1. The second-order valence-electron chi connectivity index (χ2n) is 22.0. The van der Waals surface area contributed by atoms with Gasteiger partial charge in [-0.1, -0.05) is 45.0 Å². The van der Waals surface area contributed by atoms with E-state index in [4.69, 9.17) is 4.98 Å². The van der Waals surface area contributed by atoms with Crippen LogP contribution in [0.15, 0.2) is 72.8 Å². The summed E-state index contributed by atoms with van der Waals surface area (Å²) in [6.45, 7) is 8.54. The van der Waals surface area contributed by atoms with E-state index in [0.717, 1.165) is 45.9 Å². The van der Waals surface area contributed by atoms with Gasteiger partial charge in [0, 0.05) is 81.7 Å². The number of carbonyl (C=O) groups excluding carboxylic acids is 6. The molecule has 6 aromatic rings. The Bertz CT molecular complexity index is 3260. The van der Waals surface area contributed by atoms with Crippen LogP contribution in [0.2, 0.25) is 0 Å². The molecule has 2 saturated carbocycles. The Morgan fingerprint density at radius 3 is 2.30 bits per heavy atom. The molecule has 24 heteroatoms. The van der Waals surface area contributed by atoms with Crippen molar-refractivity contribution in [3.63, 3.8) is 0 Å². The standard InChI is InChI=1S/C55H64F2N14O7S/c1-31-46(79-30-61-31)34-9-7-32(8-10-34)40(66-50(75)42-22-37(72)27-71(42)52(77)47(54(2,3)4)67-53(78)55(57)13-14-55)23-44(73)58-15-16-59-45(74)29-68-17-19-69(20-18-68)51(76)35-11-12-39(38(56)21-35)64-48-49-60-26-43(36-24-62-63-25-36)70(49)28-41(65-48)33-5-6-33/h7-12,21,24-26,28,30,33,37,40,42,47,72H,5-6,13-20,22-23,27,29H2,1-4H3,(H,58,73)(H,59,74)(H,62,63)(H,64,65)(H,66,75)(H,67,78)/t37-,40+,42+,47-/m1/s1. The minimum absolute atomic E-state index is 0.0500. The fourth-order valence-corrected chi connectivity index (χ4v) is 10.9. The van der Waals surface area contributed by atoms with Gasteiger partial charge in [-0.15, -0.1) is 11.3 Å². The number of fused-ring (bicyclic) bond motifs is 1. The van der Waals surface area contributed by atoms with E-state index in [1.165, 1.54) is 28.4 Å². The lowest BCUT2D eigenvalue weighted by molar-refractivity contribution is -0.145. The molecular formula is C55H64F2N14O7S. The second-order valence-corrected chi connectivity index (χ2v) is 22.8. The number of H-pyrrole nitrogens is 1. The lowest BCUT2D eigenvalue weighted by Gasteiger charge is -2.36. The number of piperazine rings is 1. The van der Waals surface area contributed by atoms with Crippen molar-refractivity contribution >= 4 is 63.9 Å². The van der Waals surface area contributed by atoms with Gasteiger partial charge in [0.15, 0.2) is 17.1 Å². The first-order chi connectivity index (χ1) is 37.8. The molecule has 4 atom stereocenters. The Kier molecular flexibility index (Phi) is 15.6. The van der Waals surface area contributed by atoms with Gasteiger partial charge >= 0.3 is 0 Å². The van der Waals surface area contributed by atoms with E-state index in [1.807, 2.05) is 34.6 Å². The van der Waals surface area contributed by atoms with Crippen molar-refractivity contribution in [2.75, 3.05) is 57.7 Å². The SMILES string of the molecule is Cc1ncsc1-c1ccc([C@H](CC(=O)NCCNC(=O)CN2CCN(C(=O)c3ccc(Nc4nc(C5CC5)cn5c(-c6cn[nH]c6)cnc45)c(F)c3)CC2)NC(=O)[C@@H]2C[C@@H](O)CN2C(=O)[C@@H](NC(=O)C2(F)CC2)C(C)(C)C)cc1. The number of hydrogen-bond donors (Lipinski definition) is 7. The van der Waals surface area contributed by atoms with Gasteiger partial charge < -0.3 is 41.5 Å². The second kappa shape index (κ2) is 22.6. The summed E-state index contributed by atoms with van der Waals surface area (Å²) >= 11 is 1.48. The van der Waals surface area contributed by atoms with Gasteiger partial charge in [0.2, 0.25) is 23.6 Å². The van der Waals surface area contributed by atoms with Crippen LogP contribution >= 0.6 is 11.3 Å². The zero-order valence-corrected chi connectivity index (χ0v) is 45.2. The van der Waals surface area contributed by atoms with Crippen LogP contribution in [0.4, 0.5) is 20.3 Å². The topological polar surface area (TPSA) is 264 Å². The minimum atomic E-state index is -2.03. The number of amides is 6. The highest BCUT2D eigenvalue weighted by Crippen LogP contribution is 2.42. The molecule has 4 aliphatic rings. The van der Waals surface area contributed by atoms with Gasteiger partial charge in [0.1, 0.15) is 17.9 Å². The summed E-state index contributed by atoms with van der Waals surface area (Å²) in [5, 5.41) is 31.9. The highest BCUT2D eigenvalue weighted by atomic mass is 32.1. The number of carbonyl (C=O) groups is 6. The van der Waals surface area contributed by atoms with E-state index in [9.17, 15) is 38.3 Å². The molecule has 0 spiro atoms. The van der Waals surface area contributed by atoms with E-state index >= 15 is 4.39 Å². The summed E-state index contributed by atoms with van der Waals surface area (Å²) in [5.41, 5.74) is 4.56. The van der Waals surface area contributed by atoms with E-state index in [2.05, 4.69) is 46.7 Å². The monoisotopic (exact) mass is 1100 g/mol. The zero-order valence-electron chi connectivity index (χ0n) is 44.4. The predicted octanol–water partition coefficient (Wildman–Crippen LogP) is 4.54. The van der Waals surface area contributed by atoms with Crippen LogP contribution in [0.25, 0.3) is 27.3 Å². The maximum absolute atomic E-state index is 15.7. The number of imidazole rings is 1. The largest absolute Gasteiger partial charge is 0.391 e. The molecule has 6 amide bonds. The van der Waals surface area contributed by atoms with Crippen molar-refractivity contribution in [2.24, 2.45) is 5.41 Å². The van der Waals surface area contributed by atoms with E-state index < -0.39 is 64.8 Å². The average Bonchev–Trinajstić information content (AvgIpc) is 4.32. The molecule has 7 N–H and O–H groups in total. The van der Waals surface area contributed by atoms with Crippen LogP contribution < -0.4 is 26.6 Å². The molecule has 4 aromatic heterocycles. The van der Waals surface area contributed by atoms with Crippen molar-refractivity contribution in [1.82, 2.24) is 65.5 Å². The van der Waals surface area contributed by atoms with E-state index in [1.54, 1.807) is 68.0 Å². The Hall–Kier alpha value is -7.70. The fourth-order valence-electron chi connectivity index (χ4n) is 10.0. The first-order valence-corrected chi connectivity index (χ1v) is 27.5. The van der Waals surface area contributed by atoms with Crippen LogP contribution in [0.1, 0.15) is 98.6 Å². The van der Waals surface area contributed by atoms with Crippen molar-refractivity contribution in [3.05, 3.63) is 101 Å². The number of nitrogens with zero attached hydrogens (tertiary/aromatic N) is 8. The number of aryl methyl sites for hydroxylation is 1. The van der Waals surface area contributed by atoms with Gasteiger partial charge in [-0.3, -0.25) is 43.2 Å². The molecule has 2 aliphatic carbocycles. The minimum Gasteiger partial charge on any atom is -0.391 e.